The lowest BCUT2D eigenvalue weighted by molar-refractivity contribution is 0.0925. The summed E-state index contributed by atoms with van der Waals surface area (Å²) in [5, 5.41) is 9.64. The summed E-state index contributed by atoms with van der Waals surface area (Å²) in [6.45, 7) is 7.48. The van der Waals surface area contributed by atoms with Crippen LogP contribution in [0.2, 0.25) is 0 Å². The summed E-state index contributed by atoms with van der Waals surface area (Å²) in [6, 6.07) is 8.75. The average Bonchev–Trinajstić information content (AvgIpc) is 3.19. The van der Waals surface area contributed by atoms with Gasteiger partial charge in [-0.3, -0.25) is 9.79 Å². The van der Waals surface area contributed by atoms with E-state index in [1.165, 1.54) is 12.3 Å². The monoisotopic (exact) mass is 557 g/mol. The number of benzene rings is 1. The van der Waals surface area contributed by atoms with Crippen molar-refractivity contribution in [3.8, 4) is 0 Å². The summed E-state index contributed by atoms with van der Waals surface area (Å²) in [7, 11) is 0. The molecule has 1 aromatic heterocycles. The third kappa shape index (κ3) is 7.68. The molecule has 0 radical (unpaired) electrons. The lowest BCUT2D eigenvalue weighted by atomic mass is 10.0. The molecule has 32 heavy (non-hydrogen) atoms. The van der Waals surface area contributed by atoms with E-state index in [1.54, 1.807) is 18.2 Å². The van der Waals surface area contributed by atoms with E-state index in [1.807, 2.05) is 19.9 Å². The van der Waals surface area contributed by atoms with Crippen molar-refractivity contribution in [1.82, 2.24) is 16.0 Å². The van der Waals surface area contributed by atoms with Crippen molar-refractivity contribution >= 4 is 41.5 Å². The van der Waals surface area contributed by atoms with Crippen LogP contribution in [0.25, 0.3) is 0 Å². The van der Waals surface area contributed by atoms with Gasteiger partial charge in [-0.1, -0.05) is 6.07 Å². The van der Waals surface area contributed by atoms with E-state index >= 15 is 0 Å². The highest BCUT2D eigenvalue weighted by Gasteiger charge is 2.21. The summed E-state index contributed by atoms with van der Waals surface area (Å²) in [4.78, 5) is 18.9. The predicted molar refractivity (Wildman–Crippen MR) is 137 cm³/mol. The number of guanidine groups is 1. The third-order valence-electron chi connectivity index (χ3n) is 5.24. The molecule has 1 aromatic carbocycles. The zero-order chi connectivity index (χ0) is 22.1. The number of nitrogens with one attached hydrogen (secondary N) is 3. The van der Waals surface area contributed by atoms with Gasteiger partial charge in [-0.15, -0.1) is 24.0 Å². The first kappa shape index (κ1) is 26.0. The highest BCUT2D eigenvalue weighted by molar-refractivity contribution is 14.0. The molecule has 1 aliphatic heterocycles. The fourth-order valence-corrected chi connectivity index (χ4v) is 3.67. The molecule has 0 bridgehead atoms. The van der Waals surface area contributed by atoms with Crippen LogP contribution in [0.1, 0.15) is 42.3 Å². The van der Waals surface area contributed by atoms with Crippen LogP contribution >= 0.6 is 24.0 Å². The Morgan fingerprint density at radius 1 is 1.31 bits per heavy atom. The lowest BCUT2D eigenvalue weighted by Crippen LogP contribution is -2.51. The van der Waals surface area contributed by atoms with Crippen LogP contribution in [0.5, 0.6) is 0 Å². The largest absolute Gasteiger partial charge is 0.459 e. The summed E-state index contributed by atoms with van der Waals surface area (Å²) in [5.41, 5.74) is 1.74. The Balaban J connectivity index is 0.00000363. The molecule has 0 spiro atoms. The van der Waals surface area contributed by atoms with Crippen molar-refractivity contribution in [2.24, 2.45) is 4.99 Å². The summed E-state index contributed by atoms with van der Waals surface area (Å²) in [5.74, 6) is 0.716. The second-order valence-corrected chi connectivity index (χ2v) is 7.71. The van der Waals surface area contributed by atoms with Crippen LogP contribution in [-0.4, -0.2) is 50.6 Å². The van der Waals surface area contributed by atoms with E-state index in [9.17, 15) is 9.18 Å². The molecule has 1 unspecified atom stereocenters. The third-order valence-corrected chi connectivity index (χ3v) is 5.24. The highest BCUT2D eigenvalue weighted by atomic mass is 127. The molecule has 1 aliphatic rings. The zero-order valence-corrected chi connectivity index (χ0v) is 21.0. The number of furan rings is 1. The van der Waals surface area contributed by atoms with E-state index < -0.39 is 0 Å². The molecule has 1 atom stereocenters. The molecule has 2 aromatic rings. The number of hydrogen-bond donors (Lipinski definition) is 3. The van der Waals surface area contributed by atoms with Crippen LogP contribution < -0.4 is 20.9 Å². The van der Waals surface area contributed by atoms with Crippen molar-refractivity contribution in [1.29, 1.82) is 0 Å². The van der Waals surface area contributed by atoms with E-state index in [0.717, 1.165) is 56.1 Å². The summed E-state index contributed by atoms with van der Waals surface area (Å²) in [6.07, 6.45) is 4.31. The number of aliphatic imine (C=N–C) groups is 1. The number of amides is 1. The molecular formula is C23H33FIN5O2. The minimum atomic E-state index is -0.211. The molecule has 0 saturated carbocycles. The van der Waals surface area contributed by atoms with Crippen molar-refractivity contribution in [3.63, 3.8) is 0 Å². The molecule has 3 N–H and O–H groups in total. The molecule has 2 heterocycles. The first-order valence-corrected chi connectivity index (χ1v) is 10.9. The number of nitrogens with zero attached hydrogens (tertiary/aromatic N) is 2. The molecule has 7 nitrogen and oxygen atoms in total. The number of hydrogen-bond acceptors (Lipinski definition) is 4. The molecule has 9 heteroatoms. The number of halogens is 2. The van der Waals surface area contributed by atoms with Gasteiger partial charge in [-0.2, -0.15) is 0 Å². The first-order valence-electron chi connectivity index (χ1n) is 10.9. The minimum absolute atomic E-state index is 0. The number of rotatable bonds is 8. The SMILES string of the molecule is CCNC(=NCCCNC(=O)c1occc1C)NC1CCCN(c2cccc(F)c2)C1.I. The maximum atomic E-state index is 13.6. The van der Waals surface area contributed by atoms with Crippen molar-refractivity contribution in [2.45, 2.75) is 39.2 Å². The Labute approximate surface area is 206 Å². The normalized spacial score (nSPS) is 16.3. The topological polar surface area (TPSA) is 81.9 Å². The lowest BCUT2D eigenvalue weighted by Gasteiger charge is -2.35. The van der Waals surface area contributed by atoms with E-state index in [4.69, 9.17) is 4.42 Å². The Hall–Kier alpha value is -2.30. The van der Waals surface area contributed by atoms with Gasteiger partial charge in [0.25, 0.3) is 5.91 Å². The van der Waals surface area contributed by atoms with Crippen LogP contribution in [0.15, 0.2) is 46.0 Å². The Bertz CT molecular complexity index is 889. The standard InChI is InChI=1S/C23H32FN5O2.HI/c1-3-25-23(27-12-6-11-26-22(30)21-17(2)10-14-31-21)28-19-8-5-13-29(16-19)20-9-4-7-18(24)15-20;/h4,7,9-10,14-15,19H,3,5-6,8,11-13,16H2,1-2H3,(H,26,30)(H2,25,27,28);1H. The van der Waals surface area contributed by atoms with Gasteiger partial charge in [-0.25, -0.2) is 4.39 Å². The van der Waals surface area contributed by atoms with Crippen molar-refractivity contribution in [3.05, 3.63) is 53.7 Å². The number of carbonyl (C=O) groups is 1. The molecule has 1 saturated heterocycles. The van der Waals surface area contributed by atoms with Gasteiger partial charge in [0, 0.05) is 50.0 Å². The second kappa shape index (κ2) is 13.3. The summed E-state index contributed by atoms with van der Waals surface area (Å²) < 4.78 is 18.8. The van der Waals surface area contributed by atoms with Gasteiger partial charge in [0.05, 0.1) is 6.26 Å². The molecular weight excluding hydrogens is 524 g/mol. The van der Waals surface area contributed by atoms with Gasteiger partial charge in [0.15, 0.2) is 11.7 Å². The maximum absolute atomic E-state index is 13.6. The van der Waals surface area contributed by atoms with Crippen LogP contribution in [0.4, 0.5) is 10.1 Å². The summed E-state index contributed by atoms with van der Waals surface area (Å²) >= 11 is 0. The molecule has 3 rings (SSSR count). The van der Waals surface area contributed by atoms with E-state index in [0.29, 0.717) is 18.8 Å². The van der Waals surface area contributed by atoms with Crippen LogP contribution in [0.3, 0.4) is 0 Å². The fourth-order valence-electron chi connectivity index (χ4n) is 3.67. The molecule has 1 amide bonds. The number of aryl methyl sites for hydroxylation is 1. The number of anilines is 1. The average molecular weight is 557 g/mol. The first-order chi connectivity index (χ1) is 15.1. The Morgan fingerprint density at radius 3 is 2.88 bits per heavy atom. The van der Waals surface area contributed by atoms with Gasteiger partial charge < -0.3 is 25.3 Å². The quantitative estimate of drug-likeness (QED) is 0.200. The van der Waals surface area contributed by atoms with Crippen LogP contribution in [0, 0.1) is 12.7 Å². The van der Waals surface area contributed by atoms with Crippen LogP contribution in [-0.2, 0) is 0 Å². The molecule has 0 aliphatic carbocycles. The van der Waals surface area contributed by atoms with E-state index in [2.05, 4.69) is 25.8 Å². The minimum Gasteiger partial charge on any atom is -0.459 e. The van der Waals surface area contributed by atoms with Crippen molar-refractivity contribution < 1.29 is 13.6 Å². The van der Waals surface area contributed by atoms with Crippen molar-refractivity contribution in [2.75, 3.05) is 37.6 Å². The Morgan fingerprint density at radius 2 is 2.16 bits per heavy atom. The van der Waals surface area contributed by atoms with Gasteiger partial charge in [0.2, 0.25) is 0 Å². The van der Waals surface area contributed by atoms with Gasteiger partial charge >= 0.3 is 0 Å². The number of piperidine rings is 1. The fraction of sp³-hybridized carbons (Fsp3) is 0.478. The second-order valence-electron chi connectivity index (χ2n) is 7.71. The highest BCUT2D eigenvalue weighted by Crippen LogP contribution is 2.20. The van der Waals surface area contributed by atoms with E-state index in [-0.39, 0.29) is 41.7 Å². The van der Waals surface area contributed by atoms with Gasteiger partial charge in [0.1, 0.15) is 5.82 Å². The smallest absolute Gasteiger partial charge is 0.287 e. The molecule has 1 fully saturated rings. The maximum Gasteiger partial charge on any atom is 0.287 e. The molecule has 176 valence electrons. The van der Waals surface area contributed by atoms with Gasteiger partial charge in [-0.05, 0) is 57.4 Å². The predicted octanol–water partition coefficient (Wildman–Crippen LogP) is 3.69. The number of carbonyl (C=O) groups excluding carboxylic acids is 1. The zero-order valence-electron chi connectivity index (χ0n) is 18.7. The Kier molecular flexibility index (Phi) is 10.8.